The largest absolute Gasteiger partial charge is 0.269 e. The molecule has 1 aliphatic rings. The Labute approximate surface area is 104 Å². The third-order valence-electron chi connectivity index (χ3n) is 3.13. The van der Waals surface area contributed by atoms with Gasteiger partial charge in [0.1, 0.15) is 0 Å². The highest BCUT2D eigenvalue weighted by atomic mass is 16.2. The van der Waals surface area contributed by atoms with Crippen molar-refractivity contribution in [2.24, 2.45) is 0 Å². The Balaban J connectivity index is 2.32. The van der Waals surface area contributed by atoms with Crippen LogP contribution in [0, 0.1) is 0 Å². The standard InChI is InChI=1S/C15H11NO2/c1-9(2)14(17)16-12-8-4-6-10-5-3-7-11(13(10)12)15(16)18/h3-8H,1H2,2H3. The molecule has 3 rings (SSSR count). The van der Waals surface area contributed by atoms with E-state index in [0.717, 1.165) is 10.8 Å². The molecule has 0 aliphatic carbocycles. The molecule has 1 aliphatic heterocycles. The van der Waals surface area contributed by atoms with E-state index in [-0.39, 0.29) is 11.8 Å². The van der Waals surface area contributed by atoms with Crippen molar-refractivity contribution in [2.75, 3.05) is 4.90 Å². The number of rotatable bonds is 1. The van der Waals surface area contributed by atoms with Gasteiger partial charge in [-0.05, 0) is 24.4 Å². The molecule has 0 spiro atoms. The van der Waals surface area contributed by atoms with Crippen molar-refractivity contribution in [1.29, 1.82) is 0 Å². The maximum atomic E-state index is 12.3. The summed E-state index contributed by atoms with van der Waals surface area (Å²) in [5.41, 5.74) is 1.59. The van der Waals surface area contributed by atoms with Crippen LogP contribution in [0.3, 0.4) is 0 Å². The maximum Gasteiger partial charge on any atom is 0.266 e. The van der Waals surface area contributed by atoms with E-state index in [2.05, 4.69) is 6.58 Å². The van der Waals surface area contributed by atoms with Crippen molar-refractivity contribution in [3.05, 3.63) is 54.1 Å². The van der Waals surface area contributed by atoms with Crippen LogP contribution in [0.25, 0.3) is 10.8 Å². The molecule has 0 saturated heterocycles. The summed E-state index contributed by atoms with van der Waals surface area (Å²) < 4.78 is 0. The predicted molar refractivity (Wildman–Crippen MR) is 70.6 cm³/mol. The van der Waals surface area contributed by atoms with Crippen LogP contribution in [0.2, 0.25) is 0 Å². The zero-order chi connectivity index (χ0) is 12.9. The molecule has 0 bridgehead atoms. The van der Waals surface area contributed by atoms with E-state index in [1.807, 2.05) is 24.3 Å². The third-order valence-corrected chi connectivity index (χ3v) is 3.13. The second kappa shape index (κ2) is 3.53. The van der Waals surface area contributed by atoms with Gasteiger partial charge in [0.25, 0.3) is 11.8 Å². The molecule has 3 heteroatoms. The minimum absolute atomic E-state index is 0.269. The van der Waals surface area contributed by atoms with Crippen LogP contribution < -0.4 is 4.90 Å². The van der Waals surface area contributed by atoms with Gasteiger partial charge in [-0.15, -0.1) is 0 Å². The smallest absolute Gasteiger partial charge is 0.266 e. The van der Waals surface area contributed by atoms with Gasteiger partial charge in [-0.2, -0.15) is 0 Å². The lowest BCUT2D eigenvalue weighted by molar-refractivity contribution is -0.114. The molecule has 1 heterocycles. The van der Waals surface area contributed by atoms with Gasteiger partial charge in [-0.3, -0.25) is 9.59 Å². The first kappa shape index (κ1) is 10.7. The van der Waals surface area contributed by atoms with Crippen molar-refractivity contribution < 1.29 is 9.59 Å². The van der Waals surface area contributed by atoms with Crippen molar-refractivity contribution in [2.45, 2.75) is 6.92 Å². The molecule has 0 radical (unpaired) electrons. The molecule has 0 aromatic heterocycles. The van der Waals surface area contributed by atoms with Gasteiger partial charge >= 0.3 is 0 Å². The Bertz CT molecular complexity index is 710. The Morgan fingerprint density at radius 2 is 1.83 bits per heavy atom. The fraction of sp³-hybridized carbons (Fsp3) is 0.0667. The summed E-state index contributed by atoms with van der Waals surface area (Å²) in [5, 5.41) is 1.81. The first-order chi connectivity index (χ1) is 8.61. The highest BCUT2D eigenvalue weighted by Gasteiger charge is 2.33. The summed E-state index contributed by atoms with van der Waals surface area (Å²) in [6.07, 6.45) is 0. The van der Waals surface area contributed by atoms with Crippen LogP contribution in [0.5, 0.6) is 0 Å². The molecular weight excluding hydrogens is 226 g/mol. The Kier molecular flexibility index (Phi) is 2.10. The number of imide groups is 1. The van der Waals surface area contributed by atoms with Gasteiger partial charge in [0, 0.05) is 11.0 Å². The highest BCUT2D eigenvalue weighted by Crippen LogP contribution is 2.37. The second-order valence-electron chi connectivity index (χ2n) is 4.41. The topological polar surface area (TPSA) is 37.4 Å². The van der Waals surface area contributed by atoms with Gasteiger partial charge in [0.2, 0.25) is 0 Å². The highest BCUT2D eigenvalue weighted by molar-refractivity contribution is 6.35. The van der Waals surface area contributed by atoms with Gasteiger partial charge < -0.3 is 0 Å². The summed E-state index contributed by atoms with van der Waals surface area (Å²) in [6.45, 7) is 5.23. The monoisotopic (exact) mass is 237 g/mol. The Morgan fingerprint density at radius 1 is 1.17 bits per heavy atom. The van der Waals surface area contributed by atoms with E-state index < -0.39 is 0 Å². The lowest BCUT2D eigenvalue weighted by atomic mass is 10.1. The zero-order valence-corrected chi connectivity index (χ0v) is 9.93. The van der Waals surface area contributed by atoms with E-state index in [0.29, 0.717) is 16.8 Å². The maximum absolute atomic E-state index is 12.3. The van der Waals surface area contributed by atoms with Crippen LogP contribution in [-0.4, -0.2) is 11.8 Å². The molecule has 3 nitrogen and oxygen atoms in total. The molecule has 0 fully saturated rings. The fourth-order valence-corrected chi connectivity index (χ4v) is 2.31. The molecule has 18 heavy (non-hydrogen) atoms. The number of amides is 2. The molecule has 2 aromatic carbocycles. The predicted octanol–water partition coefficient (Wildman–Crippen LogP) is 2.90. The SMILES string of the molecule is C=C(C)C(=O)N1C(=O)c2cccc3cccc1c23. The first-order valence-corrected chi connectivity index (χ1v) is 5.67. The second-order valence-corrected chi connectivity index (χ2v) is 4.41. The quantitative estimate of drug-likeness (QED) is 0.715. The molecular formula is C15H11NO2. The lowest BCUT2D eigenvalue weighted by Crippen LogP contribution is -2.34. The molecule has 2 aromatic rings. The number of carbonyl (C=O) groups is 2. The fourth-order valence-electron chi connectivity index (χ4n) is 2.31. The van der Waals surface area contributed by atoms with E-state index >= 15 is 0 Å². The zero-order valence-electron chi connectivity index (χ0n) is 9.93. The van der Waals surface area contributed by atoms with Gasteiger partial charge in [0.05, 0.1) is 11.3 Å². The Morgan fingerprint density at radius 3 is 2.50 bits per heavy atom. The normalized spacial score (nSPS) is 13.2. The number of hydrogen-bond acceptors (Lipinski definition) is 2. The lowest BCUT2D eigenvalue weighted by Gasteiger charge is -2.15. The Hall–Kier alpha value is -2.42. The van der Waals surface area contributed by atoms with E-state index in [9.17, 15) is 9.59 Å². The number of nitrogens with zero attached hydrogens (tertiary/aromatic N) is 1. The summed E-state index contributed by atoms with van der Waals surface area (Å²) in [7, 11) is 0. The number of carbonyl (C=O) groups excluding carboxylic acids is 2. The van der Waals surface area contributed by atoms with Crippen LogP contribution in [0.1, 0.15) is 17.3 Å². The number of anilines is 1. The van der Waals surface area contributed by atoms with Gasteiger partial charge in [-0.1, -0.05) is 30.8 Å². The molecule has 0 N–H and O–H groups in total. The summed E-state index contributed by atoms with van der Waals surface area (Å²) in [6, 6.07) is 11.1. The van der Waals surface area contributed by atoms with Crippen LogP contribution >= 0.6 is 0 Å². The van der Waals surface area contributed by atoms with Crippen molar-refractivity contribution in [3.63, 3.8) is 0 Å². The average molecular weight is 237 g/mol. The number of benzene rings is 2. The molecule has 88 valence electrons. The van der Waals surface area contributed by atoms with Gasteiger partial charge in [-0.25, -0.2) is 4.90 Å². The summed E-state index contributed by atoms with van der Waals surface area (Å²) in [5.74, 6) is -0.612. The van der Waals surface area contributed by atoms with E-state index in [4.69, 9.17) is 0 Å². The molecule has 0 unspecified atom stereocenters. The van der Waals surface area contributed by atoms with Gasteiger partial charge in [0.15, 0.2) is 0 Å². The third kappa shape index (κ3) is 1.24. The van der Waals surface area contributed by atoms with Crippen molar-refractivity contribution in [3.8, 4) is 0 Å². The van der Waals surface area contributed by atoms with Crippen LogP contribution in [0.15, 0.2) is 48.6 Å². The summed E-state index contributed by atoms with van der Waals surface area (Å²) >= 11 is 0. The van der Waals surface area contributed by atoms with Crippen LogP contribution in [0.4, 0.5) is 5.69 Å². The summed E-state index contributed by atoms with van der Waals surface area (Å²) in [4.78, 5) is 25.6. The molecule has 2 amide bonds. The average Bonchev–Trinajstić information content (AvgIpc) is 2.65. The molecule has 0 saturated carbocycles. The van der Waals surface area contributed by atoms with E-state index in [1.165, 1.54) is 4.90 Å². The minimum atomic E-state index is -0.344. The first-order valence-electron chi connectivity index (χ1n) is 5.67. The van der Waals surface area contributed by atoms with Crippen molar-refractivity contribution >= 4 is 28.3 Å². The van der Waals surface area contributed by atoms with Crippen LogP contribution in [-0.2, 0) is 4.79 Å². The van der Waals surface area contributed by atoms with Crippen molar-refractivity contribution in [1.82, 2.24) is 0 Å². The number of hydrogen-bond donors (Lipinski definition) is 0. The minimum Gasteiger partial charge on any atom is -0.269 e. The van der Waals surface area contributed by atoms with E-state index in [1.54, 1.807) is 19.1 Å². The molecule has 0 atom stereocenters.